The number of aryl methyl sites for hydroxylation is 2. The van der Waals surface area contributed by atoms with Crippen molar-refractivity contribution in [1.29, 1.82) is 0 Å². The lowest BCUT2D eigenvalue weighted by Gasteiger charge is -2.31. The van der Waals surface area contributed by atoms with Crippen molar-refractivity contribution in [1.82, 2.24) is 30.0 Å². The monoisotopic (exact) mass is 457 g/mol. The summed E-state index contributed by atoms with van der Waals surface area (Å²) in [4.78, 5) is 2.86. The van der Waals surface area contributed by atoms with Crippen LogP contribution in [0.3, 0.4) is 0 Å². The van der Waals surface area contributed by atoms with Crippen molar-refractivity contribution >= 4 is 0 Å². The summed E-state index contributed by atoms with van der Waals surface area (Å²) < 4.78 is 21.4. The lowest BCUT2D eigenvalue weighted by Crippen LogP contribution is -2.42. The van der Waals surface area contributed by atoms with Gasteiger partial charge in [0.2, 0.25) is 0 Å². The molecule has 0 aromatic carbocycles. The van der Waals surface area contributed by atoms with Gasteiger partial charge in [0.15, 0.2) is 0 Å². The lowest BCUT2D eigenvalue weighted by atomic mass is 9.97. The number of rotatable bonds is 6. The molecule has 0 unspecified atom stereocenters. The third kappa shape index (κ3) is 7.83. The van der Waals surface area contributed by atoms with Crippen molar-refractivity contribution in [2.45, 2.75) is 64.5 Å². The molecule has 0 radical (unpaired) electrons. The van der Waals surface area contributed by atoms with Gasteiger partial charge in [0.25, 0.3) is 0 Å². The summed E-state index contributed by atoms with van der Waals surface area (Å²) in [5, 5.41) is 20.6. The number of terminal acetylenes is 1. The Morgan fingerprint density at radius 3 is 2.30 bits per heavy atom. The second-order valence-corrected chi connectivity index (χ2v) is 8.15. The van der Waals surface area contributed by atoms with E-state index in [9.17, 15) is 0 Å². The van der Waals surface area contributed by atoms with Gasteiger partial charge in [-0.2, -0.15) is 0 Å². The second kappa shape index (κ2) is 12.9. The molecule has 3 rings (SSSR count). The van der Waals surface area contributed by atoms with Crippen LogP contribution in [-0.4, -0.2) is 62.0 Å². The summed E-state index contributed by atoms with van der Waals surface area (Å²) in [7, 11) is 0. The summed E-state index contributed by atoms with van der Waals surface area (Å²) in [6.07, 6.45) is 12.4. The molecule has 1 aliphatic heterocycles. The maximum atomic E-state index is 8.59. The number of fused-ring (bicyclic) bond motifs is 4. The summed E-state index contributed by atoms with van der Waals surface area (Å²) in [6.45, 7) is 5.34. The highest BCUT2D eigenvalue weighted by Gasteiger charge is 2.30. The van der Waals surface area contributed by atoms with Crippen molar-refractivity contribution in [3.05, 3.63) is 34.2 Å². The van der Waals surface area contributed by atoms with Crippen LogP contribution in [-0.2, 0) is 40.5 Å². The Bertz CT molecular complexity index is 893. The van der Waals surface area contributed by atoms with E-state index in [2.05, 4.69) is 36.6 Å². The molecule has 2 aromatic rings. The zero-order valence-corrected chi connectivity index (χ0v) is 19.0. The van der Waals surface area contributed by atoms with Gasteiger partial charge in [0.05, 0.1) is 38.8 Å². The molecule has 1 aliphatic rings. The average Bonchev–Trinajstić information content (AvgIpc) is 3.47. The van der Waals surface area contributed by atoms with Crippen molar-refractivity contribution in [2.75, 3.05) is 26.4 Å². The molecule has 0 aliphatic carbocycles. The molecule has 0 saturated heterocycles. The van der Waals surface area contributed by atoms with E-state index in [-0.39, 0.29) is 6.61 Å². The summed E-state index contributed by atoms with van der Waals surface area (Å²) >= 11 is 0. The van der Waals surface area contributed by atoms with Gasteiger partial charge in [-0.1, -0.05) is 28.4 Å². The van der Waals surface area contributed by atoms with E-state index in [4.69, 9.17) is 26.2 Å². The van der Waals surface area contributed by atoms with Crippen LogP contribution in [0.5, 0.6) is 0 Å². The van der Waals surface area contributed by atoms with Gasteiger partial charge in [-0.15, -0.1) is 16.6 Å². The van der Waals surface area contributed by atoms with Gasteiger partial charge in [0.1, 0.15) is 23.6 Å². The first-order valence-electron chi connectivity index (χ1n) is 11.2. The van der Waals surface area contributed by atoms with E-state index in [1.807, 2.05) is 28.7 Å². The number of hydrogen-bond donors (Lipinski definition) is 0. The Labute approximate surface area is 193 Å². The second-order valence-electron chi connectivity index (χ2n) is 8.15. The molecule has 0 amide bonds. The number of nitrogens with zero attached hydrogens (tertiary/aromatic N) is 9. The molecule has 12 nitrogen and oxygen atoms in total. The molecule has 178 valence electrons. The third-order valence-corrected chi connectivity index (χ3v) is 5.74. The highest BCUT2D eigenvalue weighted by Crippen LogP contribution is 2.20. The minimum atomic E-state index is -0.664. The Balaban J connectivity index is 1.72. The number of ether oxygens (including phenoxy) is 3. The van der Waals surface area contributed by atoms with Crippen molar-refractivity contribution in [3.8, 4) is 12.3 Å². The lowest BCUT2D eigenvalue weighted by molar-refractivity contribution is -0.135. The number of aromatic nitrogens is 6. The van der Waals surface area contributed by atoms with Gasteiger partial charge in [-0.05, 0) is 37.1 Å². The average molecular weight is 458 g/mol. The van der Waals surface area contributed by atoms with Crippen LogP contribution in [0.4, 0.5) is 0 Å². The van der Waals surface area contributed by atoms with E-state index >= 15 is 0 Å². The molecule has 2 aromatic heterocycles. The fraction of sp³-hybridized carbons (Fsp3) is 0.714. The maximum absolute atomic E-state index is 8.59. The molecular weight excluding hydrogens is 426 g/mol. The van der Waals surface area contributed by atoms with Gasteiger partial charge in [0, 0.05) is 24.5 Å². The molecule has 0 fully saturated rings. The standard InChI is InChI=1S/C21H31N9O3/c1-3-11-33-21(4-2)16-31-14-19-12-29(27-24-19)9-6-18(5-8-23-26-22)7-10-30-13-20(25-28-30)15-32-17-21/h1,12-13,18H,4-11,14-17H2,2H3. The van der Waals surface area contributed by atoms with Crippen LogP contribution < -0.4 is 0 Å². The largest absolute Gasteiger partial charge is 0.372 e. The normalized spacial score (nSPS) is 22.5. The minimum absolute atomic E-state index is 0.174. The quantitative estimate of drug-likeness (QED) is 0.281. The Morgan fingerprint density at radius 1 is 1.18 bits per heavy atom. The summed E-state index contributed by atoms with van der Waals surface area (Å²) in [6, 6.07) is 0. The van der Waals surface area contributed by atoms with Crippen molar-refractivity contribution < 1.29 is 14.2 Å². The van der Waals surface area contributed by atoms with E-state index < -0.39 is 5.60 Å². The molecule has 0 atom stereocenters. The predicted octanol–water partition coefficient (Wildman–Crippen LogP) is 2.51. The molecule has 4 bridgehead atoms. The van der Waals surface area contributed by atoms with E-state index in [1.54, 1.807) is 0 Å². The first-order chi connectivity index (χ1) is 16.2. The molecule has 12 heteroatoms. The van der Waals surface area contributed by atoms with Crippen LogP contribution >= 0.6 is 0 Å². The van der Waals surface area contributed by atoms with Gasteiger partial charge in [-0.25, -0.2) is 0 Å². The van der Waals surface area contributed by atoms with E-state index in [0.717, 1.165) is 30.7 Å². The van der Waals surface area contributed by atoms with Gasteiger partial charge >= 0.3 is 0 Å². The summed E-state index contributed by atoms with van der Waals surface area (Å²) in [5.41, 5.74) is 9.42. The molecule has 0 spiro atoms. The maximum Gasteiger partial charge on any atom is 0.116 e. The molecular formula is C21H31N9O3. The smallest absolute Gasteiger partial charge is 0.116 e. The Morgan fingerprint density at radius 2 is 1.79 bits per heavy atom. The third-order valence-electron chi connectivity index (χ3n) is 5.74. The van der Waals surface area contributed by atoms with Crippen molar-refractivity contribution in [2.24, 2.45) is 11.0 Å². The van der Waals surface area contributed by atoms with Gasteiger partial charge < -0.3 is 14.2 Å². The van der Waals surface area contributed by atoms with Gasteiger partial charge in [-0.3, -0.25) is 9.36 Å². The first-order valence-corrected chi connectivity index (χ1v) is 11.2. The van der Waals surface area contributed by atoms with E-state index in [0.29, 0.717) is 58.4 Å². The fourth-order valence-corrected chi connectivity index (χ4v) is 3.68. The summed E-state index contributed by atoms with van der Waals surface area (Å²) in [5.74, 6) is 2.87. The van der Waals surface area contributed by atoms with Crippen LogP contribution in [0.25, 0.3) is 10.4 Å². The number of hydrogen-bond acceptors (Lipinski definition) is 8. The molecule has 33 heavy (non-hydrogen) atoms. The molecule has 0 saturated carbocycles. The van der Waals surface area contributed by atoms with E-state index in [1.165, 1.54) is 0 Å². The Hall–Kier alpha value is -2.97. The van der Waals surface area contributed by atoms with Crippen LogP contribution in [0.2, 0.25) is 0 Å². The Kier molecular flexibility index (Phi) is 9.65. The van der Waals surface area contributed by atoms with Crippen molar-refractivity contribution in [3.63, 3.8) is 0 Å². The molecule has 3 heterocycles. The van der Waals surface area contributed by atoms with Crippen LogP contribution in [0, 0.1) is 18.3 Å². The van der Waals surface area contributed by atoms with Crippen LogP contribution in [0.15, 0.2) is 17.5 Å². The predicted molar refractivity (Wildman–Crippen MR) is 119 cm³/mol. The van der Waals surface area contributed by atoms with Crippen LogP contribution in [0.1, 0.15) is 44.0 Å². The fourth-order valence-electron chi connectivity index (χ4n) is 3.68. The highest BCUT2D eigenvalue weighted by molar-refractivity contribution is 4.93. The first kappa shape index (κ1) is 24.7. The zero-order valence-electron chi connectivity index (χ0n) is 19.0. The minimum Gasteiger partial charge on any atom is -0.372 e. The molecule has 0 N–H and O–H groups in total. The zero-order chi connectivity index (χ0) is 23.4. The number of azide groups is 1. The highest BCUT2D eigenvalue weighted by atomic mass is 16.6. The topological polar surface area (TPSA) is 138 Å². The SMILES string of the molecule is C#CCOC1(CC)COCc2cn(nn2)CCC(CCN=[N+]=[N-])CCn2cc(nn2)COC1.